The number of phenols is 1. The van der Waals surface area contributed by atoms with Crippen molar-refractivity contribution in [2.45, 2.75) is 34.9 Å². The molecule has 2 saturated heterocycles. The molecule has 8 nitrogen and oxygen atoms in total. The number of hydrogen-bond acceptors (Lipinski definition) is 6. The van der Waals surface area contributed by atoms with Gasteiger partial charge in [0.2, 0.25) is 11.8 Å². The maximum atomic E-state index is 13.6. The van der Waals surface area contributed by atoms with Gasteiger partial charge in [-0.2, -0.15) is 0 Å². The largest absolute Gasteiger partial charge is 0.573 e. The highest BCUT2D eigenvalue weighted by Gasteiger charge is 2.76. The number of phenolic OH excluding ortho intramolecular Hbond substituents is 1. The van der Waals surface area contributed by atoms with Crippen LogP contribution >= 0.6 is 39.1 Å². The van der Waals surface area contributed by atoms with Gasteiger partial charge in [0.25, 0.3) is 11.8 Å². The molecule has 1 saturated carbocycles. The van der Waals surface area contributed by atoms with Gasteiger partial charge in [0.05, 0.1) is 17.3 Å². The molecule has 6 unspecified atom stereocenters. The van der Waals surface area contributed by atoms with Crippen LogP contribution in [0.3, 0.4) is 0 Å². The summed E-state index contributed by atoms with van der Waals surface area (Å²) in [4.78, 5) is 50.2. The first-order valence-corrected chi connectivity index (χ1v) is 12.9. The molecule has 4 aliphatic rings. The van der Waals surface area contributed by atoms with Gasteiger partial charge >= 0.3 is 6.36 Å². The number of hydrogen-bond donors (Lipinski definition) is 1. The average Bonchev–Trinajstić information content (AvgIpc) is 3.12. The lowest BCUT2D eigenvalue weighted by Gasteiger charge is -2.50. The number of allylic oxidation sites excluding steroid dienone is 2. The van der Waals surface area contributed by atoms with E-state index in [0.717, 1.165) is 28.0 Å². The van der Waals surface area contributed by atoms with Gasteiger partial charge in [0.15, 0.2) is 9.75 Å². The van der Waals surface area contributed by atoms with Gasteiger partial charge in [-0.3, -0.25) is 29.0 Å². The van der Waals surface area contributed by atoms with Gasteiger partial charge in [-0.25, -0.2) is 0 Å². The predicted molar refractivity (Wildman–Crippen MR) is 126 cm³/mol. The highest BCUT2D eigenvalue weighted by molar-refractivity contribution is 9.09. The molecule has 4 amide bonds. The lowest BCUT2D eigenvalue weighted by atomic mass is 9.56. The van der Waals surface area contributed by atoms with Gasteiger partial charge in [0, 0.05) is 18.5 Å². The van der Waals surface area contributed by atoms with Crippen molar-refractivity contribution in [3.05, 3.63) is 35.4 Å². The zero-order valence-corrected chi connectivity index (χ0v) is 22.0. The van der Waals surface area contributed by atoms with Crippen LogP contribution in [0.15, 0.2) is 29.8 Å². The lowest BCUT2D eigenvalue weighted by Crippen LogP contribution is -2.60. The second-order valence-corrected chi connectivity index (χ2v) is 11.2. The summed E-state index contributed by atoms with van der Waals surface area (Å²) in [5, 5.41) is 10.8. The van der Waals surface area contributed by atoms with E-state index in [9.17, 15) is 37.5 Å². The molecule has 0 spiro atoms. The summed E-state index contributed by atoms with van der Waals surface area (Å²) in [7, 11) is 1.34. The Morgan fingerprint density at radius 3 is 2.43 bits per heavy atom. The Balaban J connectivity index is 1.75. The number of fused-ring (bicyclic) bond motifs is 4. The van der Waals surface area contributed by atoms with Crippen molar-refractivity contribution in [3.63, 3.8) is 0 Å². The summed E-state index contributed by atoms with van der Waals surface area (Å²) in [5.74, 6) is -7.83. The molecule has 6 atom stereocenters. The molecular formula is C23H18BrCl2F3N2O6. The number of ether oxygens (including phenoxy) is 1. The molecule has 2 aliphatic heterocycles. The molecule has 2 heterocycles. The normalized spacial score (nSPS) is 35.4. The Labute approximate surface area is 226 Å². The molecule has 37 heavy (non-hydrogen) atoms. The van der Waals surface area contributed by atoms with Crippen molar-refractivity contribution < 1.29 is 42.2 Å². The van der Waals surface area contributed by atoms with Crippen LogP contribution in [-0.2, 0) is 19.2 Å². The van der Waals surface area contributed by atoms with E-state index in [2.05, 4.69) is 20.7 Å². The van der Waals surface area contributed by atoms with Crippen LogP contribution in [0.2, 0.25) is 0 Å². The second-order valence-electron chi connectivity index (χ2n) is 9.49. The smallest absolute Gasteiger partial charge is 0.508 e. The first kappa shape index (κ1) is 26.3. The number of alkyl halides is 6. The number of rotatable bonds is 3. The first-order chi connectivity index (χ1) is 17.2. The fraction of sp³-hybridized carbons (Fsp3) is 0.478. The van der Waals surface area contributed by atoms with E-state index in [4.69, 9.17) is 23.2 Å². The number of halogens is 6. The van der Waals surface area contributed by atoms with Crippen LogP contribution in [-0.4, -0.2) is 67.1 Å². The average molecular weight is 626 g/mol. The Morgan fingerprint density at radius 2 is 1.81 bits per heavy atom. The quantitative estimate of drug-likeness (QED) is 0.238. The summed E-state index contributed by atoms with van der Waals surface area (Å²) in [6.07, 6.45) is -3.63. The predicted octanol–water partition coefficient (Wildman–Crippen LogP) is 3.63. The van der Waals surface area contributed by atoms with Crippen molar-refractivity contribution >= 4 is 62.8 Å². The standard InChI is InChI=1S/C23H18BrCl2F3N2O6/c1-30-17(33)11-4-3-10-13(15(11)18(30)34)7-21(25)19(35)31(8-24)20(36)22(21,26)16(10)12-6-9(2-5-14(12)32)37-23(27,28)29/h2-3,5-6,11,13,15-16,32H,4,7-8H2,1H3. The molecule has 0 aromatic heterocycles. The third-order valence-corrected chi connectivity index (χ3v) is 9.69. The van der Waals surface area contributed by atoms with Gasteiger partial charge in [0.1, 0.15) is 11.5 Å². The monoisotopic (exact) mass is 624 g/mol. The van der Waals surface area contributed by atoms with Crippen LogP contribution < -0.4 is 4.74 Å². The number of carbonyl (C=O) groups is 4. The number of carbonyl (C=O) groups excluding carboxylic acids is 4. The number of aromatic hydroxyl groups is 1. The first-order valence-electron chi connectivity index (χ1n) is 11.1. The number of likely N-dealkylation sites (tertiary alicyclic amines) is 2. The Kier molecular flexibility index (Phi) is 5.93. The van der Waals surface area contributed by atoms with E-state index >= 15 is 0 Å². The van der Waals surface area contributed by atoms with Crippen molar-refractivity contribution in [2.75, 3.05) is 12.5 Å². The van der Waals surface area contributed by atoms with Gasteiger partial charge in [-0.05, 0) is 37.0 Å². The third-order valence-electron chi connectivity index (χ3n) is 7.78. The van der Waals surface area contributed by atoms with E-state index in [-0.39, 0.29) is 23.9 Å². The molecule has 1 N–H and O–H groups in total. The summed E-state index contributed by atoms with van der Waals surface area (Å²) >= 11 is 17.0. The van der Waals surface area contributed by atoms with E-state index in [1.54, 1.807) is 6.08 Å². The fourth-order valence-corrected chi connectivity index (χ4v) is 7.63. The minimum Gasteiger partial charge on any atom is -0.508 e. The van der Waals surface area contributed by atoms with E-state index in [1.807, 2.05) is 0 Å². The SMILES string of the molecule is CN1C(=O)C2CC=C3C(CC4(Cl)C(=O)N(CBr)C(=O)C4(Cl)C3c3cc(OC(F)(F)F)ccc3O)C2C1=O. The molecule has 2 aliphatic carbocycles. The summed E-state index contributed by atoms with van der Waals surface area (Å²) in [5.41, 5.74) is -0.167. The maximum Gasteiger partial charge on any atom is 0.573 e. The van der Waals surface area contributed by atoms with Gasteiger partial charge in [-0.15, -0.1) is 36.4 Å². The Morgan fingerprint density at radius 1 is 1.14 bits per heavy atom. The van der Waals surface area contributed by atoms with E-state index < -0.39 is 74.9 Å². The number of amides is 4. The van der Waals surface area contributed by atoms with Gasteiger partial charge in [-0.1, -0.05) is 27.6 Å². The van der Waals surface area contributed by atoms with E-state index in [0.29, 0.717) is 5.57 Å². The maximum absolute atomic E-state index is 13.6. The fourth-order valence-electron chi connectivity index (χ4n) is 6.22. The third kappa shape index (κ3) is 3.47. The van der Waals surface area contributed by atoms with E-state index in [1.165, 1.54) is 7.05 Å². The summed E-state index contributed by atoms with van der Waals surface area (Å²) < 4.78 is 43.0. The van der Waals surface area contributed by atoms with Gasteiger partial charge < -0.3 is 9.84 Å². The molecule has 14 heteroatoms. The molecule has 3 fully saturated rings. The zero-order valence-electron chi connectivity index (χ0n) is 18.9. The number of benzene rings is 1. The van der Waals surface area contributed by atoms with Crippen molar-refractivity contribution in [1.82, 2.24) is 9.80 Å². The summed E-state index contributed by atoms with van der Waals surface area (Å²) in [6, 6.07) is 2.71. The van der Waals surface area contributed by atoms with Crippen LogP contribution in [0, 0.1) is 17.8 Å². The Hall–Kier alpha value is -2.31. The zero-order chi connectivity index (χ0) is 27.2. The topological polar surface area (TPSA) is 104 Å². The Bertz CT molecular complexity index is 1290. The molecule has 0 bridgehead atoms. The molecule has 1 aromatic rings. The minimum atomic E-state index is -5.05. The number of imide groups is 2. The van der Waals surface area contributed by atoms with Crippen molar-refractivity contribution in [2.24, 2.45) is 17.8 Å². The van der Waals surface area contributed by atoms with Crippen LogP contribution in [0.4, 0.5) is 13.2 Å². The molecule has 5 rings (SSSR count). The van der Waals surface area contributed by atoms with Crippen LogP contribution in [0.1, 0.15) is 24.3 Å². The molecule has 0 radical (unpaired) electrons. The van der Waals surface area contributed by atoms with Crippen molar-refractivity contribution in [1.29, 1.82) is 0 Å². The van der Waals surface area contributed by atoms with Crippen LogP contribution in [0.25, 0.3) is 0 Å². The minimum absolute atomic E-state index is 0.0912. The highest BCUT2D eigenvalue weighted by atomic mass is 79.9. The lowest BCUT2D eigenvalue weighted by molar-refractivity contribution is -0.274. The molecular weight excluding hydrogens is 608 g/mol. The molecule has 198 valence electrons. The highest BCUT2D eigenvalue weighted by Crippen LogP contribution is 2.66. The second kappa shape index (κ2) is 8.34. The summed E-state index contributed by atoms with van der Waals surface area (Å²) in [6.45, 7) is 0. The number of nitrogens with zero attached hydrogens (tertiary/aromatic N) is 2. The van der Waals surface area contributed by atoms with Crippen LogP contribution in [0.5, 0.6) is 11.5 Å². The molecule has 1 aromatic carbocycles. The van der Waals surface area contributed by atoms with Crippen molar-refractivity contribution in [3.8, 4) is 11.5 Å².